The summed E-state index contributed by atoms with van der Waals surface area (Å²) < 4.78 is 11.1. The highest BCUT2D eigenvalue weighted by molar-refractivity contribution is 6.31. The van der Waals surface area contributed by atoms with Crippen molar-refractivity contribution in [2.45, 2.75) is 19.6 Å². The highest BCUT2D eigenvalue weighted by Crippen LogP contribution is 2.16. The third kappa shape index (κ3) is 7.40. The minimum absolute atomic E-state index is 0.0177. The Labute approximate surface area is 177 Å². The summed E-state index contributed by atoms with van der Waals surface area (Å²) in [6.45, 7) is 6.05. The van der Waals surface area contributed by atoms with E-state index in [0.717, 1.165) is 50.4 Å². The first-order chi connectivity index (χ1) is 14.2. The maximum atomic E-state index is 12.8. The maximum Gasteiger partial charge on any atom is 0.248 e. The van der Waals surface area contributed by atoms with Gasteiger partial charge in [-0.2, -0.15) is 0 Å². The average molecular weight is 418 g/mol. The van der Waals surface area contributed by atoms with E-state index < -0.39 is 0 Å². The van der Waals surface area contributed by atoms with Gasteiger partial charge in [0.1, 0.15) is 6.61 Å². The molecule has 1 aromatic heterocycles. The molecule has 156 valence electrons. The van der Waals surface area contributed by atoms with E-state index >= 15 is 0 Å². The summed E-state index contributed by atoms with van der Waals surface area (Å²) in [5.74, 6) is -0.0177. The van der Waals surface area contributed by atoms with Crippen LogP contribution in [0.3, 0.4) is 0 Å². The van der Waals surface area contributed by atoms with Gasteiger partial charge in [-0.3, -0.25) is 14.7 Å². The molecule has 2 aromatic rings. The number of rotatable bonds is 10. The molecule has 1 aliphatic heterocycles. The van der Waals surface area contributed by atoms with Gasteiger partial charge in [0, 0.05) is 50.1 Å². The number of nitrogens with zero attached hydrogens (tertiary/aromatic N) is 3. The van der Waals surface area contributed by atoms with Crippen LogP contribution < -0.4 is 0 Å². The minimum Gasteiger partial charge on any atom is -0.379 e. The van der Waals surface area contributed by atoms with Crippen molar-refractivity contribution in [3.8, 4) is 0 Å². The van der Waals surface area contributed by atoms with Gasteiger partial charge in [0.05, 0.1) is 19.8 Å². The van der Waals surface area contributed by atoms with Crippen molar-refractivity contribution >= 4 is 17.5 Å². The lowest BCUT2D eigenvalue weighted by Gasteiger charge is -2.28. The Bertz CT molecular complexity index is 754. The number of pyridine rings is 1. The van der Waals surface area contributed by atoms with Crippen molar-refractivity contribution in [2.75, 3.05) is 46.0 Å². The molecule has 7 heteroatoms. The standard InChI is InChI=1S/C22H28ClN3O3/c23-21-5-2-1-4-20(21)17-29-18-22(27)26(16-19-6-8-24-9-7-19)11-3-10-25-12-14-28-15-13-25/h1-2,4-9H,3,10-18H2. The number of aromatic nitrogens is 1. The van der Waals surface area contributed by atoms with Crippen LogP contribution in [0.1, 0.15) is 17.5 Å². The molecule has 1 fully saturated rings. The Kier molecular flexibility index (Phi) is 8.89. The Morgan fingerprint density at radius 2 is 1.93 bits per heavy atom. The number of amides is 1. The second-order valence-corrected chi connectivity index (χ2v) is 7.47. The number of ether oxygens (including phenoxy) is 2. The Morgan fingerprint density at radius 1 is 1.17 bits per heavy atom. The molecule has 2 heterocycles. The molecule has 3 rings (SSSR count). The van der Waals surface area contributed by atoms with Gasteiger partial charge in [-0.15, -0.1) is 0 Å². The molecule has 1 saturated heterocycles. The van der Waals surface area contributed by atoms with E-state index in [4.69, 9.17) is 21.1 Å². The van der Waals surface area contributed by atoms with E-state index in [9.17, 15) is 4.79 Å². The molecule has 0 aliphatic carbocycles. The van der Waals surface area contributed by atoms with Crippen LogP contribution in [0.15, 0.2) is 48.8 Å². The van der Waals surface area contributed by atoms with E-state index in [1.807, 2.05) is 41.3 Å². The SMILES string of the molecule is O=C(COCc1ccccc1Cl)N(CCCN1CCOCC1)Cc1ccncc1. The number of hydrogen-bond donors (Lipinski definition) is 0. The van der Waals surface area contributed by atoms with E-state index in [0.29, 0.717) is 24.7 Å². The van der Waals surface area contributed by atoms with Crippen LogP contribution in [0.2, 0.25) is 5.02 Å². The van der Waals surface area contributed by atoms with Gasteiger partial charge in [0.15, 0.2) is 0 Å². The quantitative estimate of drug-likeness (QED) is 0.594. The first-order valence-corrected chi connectivity index (χ1v) is 10.4. The monoisotopic (exact) mass is 417 g/mol. The zero-order valence-electron chi connectivity index (χ0n) is 16.6. The first-order valence-electron chi connectivity index (χ1n) is 10.0. The molecule has 0 bridgehead atoms. The van der Waals surface area contributed by atoms with Crippen molar-refractivity contribution in [2.24, 2.45) is 0 Å². The van der Waals surface area contributed by atoms with Gasteiger partial charge in [0.2, 0.25) is 5.91 Å². The molecule has 0 N–H and O–H groups in total. The topological polar surface area (TPSA) is 54.9 Å². The van der Waals surface area contributed by atoms with Gasteiger partial charge >= 0.3 is 0 Å². The lowest BCUT2D eigenvalue weighted by molar-refractivity contribution is -0.137. The van der Waals surface area contributed by atoms with E-state index in [-0.39, 0.29) is 12.5 Å². The number of carbonyl (C=O) groups excluding carboxylic acids is 1. The zero-order chi connectivity index (χ0) is 20.3. The zero-order valence-corrected chi connectivity index (χ0v) is 17.4. The Morgan fingerprint density at radius 3 is 2.69 bits per heavy atom. The van der Waals surface area contributed by atoms with E-state index in [1.54, 1.807) is 12.4 Å². The lowest BCUT2D eigenvalue weighted by atomic mass is 10.2. The fourth-order valence-electron chi connectivity index (χ4n) is 3.27. The second-order valence-electron chi connectivity index (χ2n) is 7.06. The van der Waals surface area contributed by atoms with Crippen molar-refractivity contribution < 1.29 is 14.3 Å². The van der Waals surface area contributed by atoms with Gasteiger partial charge < -0.3 is 14.4 Å². The normalized spacial score (nSPS) is 14.7. The van der Waals surface area contributed by atoms with Gasteiger partial charge in [0.25, 0.3) is 0 Å². The third-order valence-corrected chi connectivity index (χ3v) is 5.29. The van der Waals surface area contributed by atoms with Crippen LogP contribution in [0.25, 0.3) is 0 Å². The number of benzene rings is 1. The Hall–Kier alpha value is -1.99. The molecular formula is C22H28ClN3O3. The Balaban J connectivity index is 1.51. The van der Waals surface area contributed by atoms with Crippen molar-refractivity contribution in [3.63, 3.8) is 0 Å². The van der Waals surface area contributed by atoms with Gasteiger partial charge in [-0.1, -0.05) is 29.8 Å². The van der Waals surface area contributed by atoms with Crippen molar-refractivity contribution in [1.82, 2.24) is 14.8 Å². The molecule has 1 amide bonds. The maximum absolute atomic E-state index is 12.8. The summed E-state index contributed by atoms with van der Waals surface area (Å²) >= 11 is 6.16. The predicted molar refractivity (Wildman–Crippen MR) is 113 cm³/mol. The molecule has 29 heavy (non-hydrogen) atoms. The third-order valence-electron chi connectivity index (χ3n) is 4.92. The molecule has 6 nitrogen and oxygen atoms in total. The van der Waals surface area contributed by atoms with Gasteiger partial charge in [-0.25, -0.2) is 0 Å². The van der Waals surface area contributed by atoms with Crippen molar-refractivity contribution in [1.29, 1.82) is 0 Å². The number of halogens is 1. The fraction of sp³-hybridized carbons (Fsp3) is 0.455. The largest absolute Gasteiger partial charge is 0.379 e. The highest BCUT2D eigenvalue weighted by Gasteiger charge is 2.16. The molecule has 0 spiro atoms. The van der Waals surface area contributed by atoms with Crippen LogP contribution in [0, 0.1) is 0 Å². The van der Waals surface area contributed by atoms with E-state index in [1.165, 1.54) is 0 Å². The summed E-state index contributed by atoms with van der Waals surface area (Å²) in [6.07, 6.45) is 4.42. The highest BCUT2D eigenvalue weighted by atomic mass is 35.5. The number of morpholine rings is 1. The minimum atomic E-state index is -0.0177. The van der Waals surface area contributed by atoms with E-state index in [2.05, 4.69) is 9.88 Å². The molecule has 0 radical (unpaired) electrons. The van der Waals surface area contributed by atoms with Gasteiger partial charge in [-0.05, 0) is 35.7 Å². The summed E-state index contributed by atoms with van der Waals surface area (Å²) in [6, 6.07) is 11.4. The molecule has 1 aliphatic rings. The number of hydrogen-bond acceptors (Lipinski definition) is 5. The average Bonchev–Trinajstić information content (AvgIpc) is 2.76. The molecule has 1 aromatic carbocycles. The van der Waals surface area contributed by atoms with Crippen molar-refractivity contribution in [3.05, 3.63) is 64.9 Å². The molecular weight excluding hydrogens is 390 g/mol. The first kappa shape index (κ1) is 21.7. The smallest absolute Gasteiger partial charge is 0.248 e. The number of carbonyl (C=O) groups is 1. The van der Waals surface area contributed by atoms with Crippen LogP contribution in [-0.2, 0) is 27.4 Å². The summed E-state index contributed by atoms with van der Waals surface area (Å²) in [5, 5.41) is 0.652. The van der Waals surface area contributed by atoms with Crippen LogP contribution in [0.5, 0.6) is 0 Å². The second kappa shape index (κ2) is 11.9. The molecule has 0 saturated carbocycles. The van der Waals surface area contributed by atoms with Crippen LogP contribution >= 0.6 is 11.6 Å². The molecule has 0 unspecified atom stereocenters. The summed E-state index contributed by atoms with van der Waals surface area (Å²) in [4.78, 5) is 21.1. The summed E-state index contributed by atoms with van der Waals surface area (Å²) in [7, 11) is 0. The lowest BCUT2D eigenvalue weighted by Crippen LogP contribution is -2.39. The van der Waals surface area contributed by atoms with Crippen LogP contribution in [-0.4, -0.2) is 66.7 Å². The van der Waals surface area contributed by atoms with Crippen LogP contribution in [0.4, 0.5) is 0 Å². The fourth-order valence-corrected chi connectivity index (χ4v) is 3.46. The predicted octanol–water partition coefficient (Wildman–Crippen LogP) is 3.00. The molecule has 0 atom stereocenters. The summed E-state index contributed by atoms with van der Waals surface area (Å²) in [5.41, 5.74) is 1.95.